The highest BCUT2D eigenvalue weighted by molar-refractivity contribution is 5.80. The van der Waals surface area contributed by atoms with Crippen molar-refractivity contribution in [2.45, 2.75) is 45.3 Å². The average Bonchev–Trinajstić information content (AvgIpc) is 2.72. The third kappa shape index (κ3) is 5.30. The van der Waals surface area contributed by atoms with Gasteiger partial charge in [-0.3, -0.25) is 4.99 Å². The van der Waals surface area contributed by atoms with E-state index in [0.717, 1.165) is 64.8 Å². The van der Waals surface area contributed by atoms with Gasteiger partial charge < -0.3 is 24.6 Å². The summed E-state index contributed by atoms with van der Waals surface area (Å²) in [6.07, 6.45) is 2.13. The summed E-state index contributed by atoms with van der Waals surface area (Å²) in [5.41, 5.74) is 3.95. The molecule has 2 fully saturated rings. The number of rotatable bonds is 5. The number of likely N-dealkylation sites (N-methyl/N-ethyl adjacent to an activating group) is 1. The highest BCUT2D eigenvalue weighted by Crippen LogP contribution is 2.28. The molecule has 1 atom stereocenters. The Balaban J connectivity index is 1.76. The first kappa shape index (κ1) is 22.1. The maximum Gasteiger partial charge on any atom is 0.194 e. The quantitative estimate of drug-likeness (QED) is 0.606. The van der Waals surface area contributed by atoms with Gasteiger partial charge in [0.15, 0.2) is 5.96 Å². The molecule has 0 aliphatic carbocycles. The van der Waals surface area contributed by atoms with Gasteiger partial charge in [-0.05, 0) is 58.8 Å². The van der Waals surface area contributed by atoms with Crippen molar-refractivity contribution < 1.29 is 9.47 Å². The van der Waals surface area contributed by atoms with Gasteiger partial charge in [-0.2, -0.15) is 0 Å². The molecule has 1 N–H and O–H groups in total. The van der Waals surface area contributed by atoms with Crippen LogP contribution in [0.4, 0.5) is 0 Å². The molecule has 2 aliphatic heterocycles. The molecule has 6 heteroatoms. The number of aryl methyl sites for hydroxylation is 2. The molecule has 0 spiro atoms. The molecule has 6 nitrogen and oxygen atoms in total. The predicted octanol–water partition coefficient (Wildman–Crippen LogP) is 2.75. The fourth-order valence-corrected chi connectivity index (χ4v) is 4.36. The van der Waals surface area contributed by atoms with Crippen molar-refractivity contribution >= 4 is 5.96 Å². The van der Waals surface area contributed by atoms with Gasteiger partial charge in [0.1, 0.15) is 6.10 Å². The number of guanidine groups is 1. The highest BCUT2D eigenvalue weighted by atomic mass is 16.5. The molecule has 0 bridgehead atoms. The number of nitrogens with zero attached hydrogens (tertiary/aromatic N) is 3. The van der Waals surface area contributed by atoms with E-state index in [-0.39, 0.29) is 11.6 Å². The van der Waals surface area contributed by atoms with Crippen molar-refractivity contribution in [1.29, 1.82) is 0 Å². The summed E-state index contributed by atoms with van der Waals surface area (Å²) in [7, 11) is 4.33. The number of hydrogen-bond acceptors (Lipinski definition) is 4. The molecule has 0 radical (unpaired) electrons. The first-order chi connectivity index (χ1) is 13.9. The highest BCUT2D eigenvalue weighted by Gasteiger charge is 2.35. The van der Waals surface area contributed by atoms with E-state index in [0.29, 0.717) is 0 Å². The molecule has 2 aliphatic rings. The van der Waals surface area contributed by atoms with Crippen LogP contribution in [0.3, 0.4) is 0 Å². The number of benzene rings is 1. The summed E-state index contributed by atoms with van der Waals surface area (Å²) < 4.78 is 11.8. The SMILES string of the molecule is CCNC(=NCC1(N(C)C)CCOCC1)N1CCOC(c2ccc(C)cc2C)C1. The Labute approximate surface area is 176 Å². The molecule has 0 aromatic heterocycles. The van der Waals surface area contributed by atoms with Crippen LogP contribution in [0.25, 0.3) is 0 Å². The van der Waals surface area contributed by atoms with Gasteiger partial charge in [-0.15, -0.1) is 0 Å². The summed E-state index contributed by atoms with van der Waals surface area (Å²) in [5, 5.41) is 3.51. The van der Waals surface area contributed by atoms with Gasteiger partial charge in [-0.1, -0.05) is 23.8 Å². The number of nitrogens with one attached hydrogen (secondary N) is 1. The zero-order valence-electron chi connectivity index (χ0n) is 18.8. The van der Waals surface area contributed by atoms with Crippen LogP contribution >= 0.6 is 0 Å². The zero-order valence-corrected chi connectivity index (χ0v) is 18.8. The normalized spacial score (nSPS) is 22.8. The van der Waals surface area contributed by atoms with E-state index in [1.165, 1.54) is 16.7 Å². The smallest absolute Gasteiger partial charge is 0.194 e. The summed E-state index contributed by atoms with van der Waals surface area (Å²) in [5.74, 6) is 0.998. The van der Waals surface area contributed by atoms with Crippen molar-refractivity contribution in [3.63, 3.8) is 0 Å². The molecular weight excluding hydrogens is 364 g/mol. The minimum absolute atomic E-state index is 0.0815. The van der Waals surface area contributed by atoms with E-state index in [1.807, 2.05) is 0 Å². The molecule has 1 aromatic carbocycles. The fraction of sp³-hybridized carbons (Fsp3) is 0.696. The van der Waals surface area contributed by atoms with Gasteiger partial charge in [-0.25, -0.2) is 0 Å². The van der Waals surface area contributed by atoms with Crippen LogP contribution in [0.2, 0.25) is 0 Å². The topological polar surface area (TPSA) is 49.3 Å². The monoisotopic (exact) mass is 402 g/mol. The van der Waals surface area contributed by atoms with Gasteiger partial charge >= 0.3 is 0 Å². The maximum atomic E-state index is 6.15. The standard InChI is InChI=1S/C23H38N4O2/c1-6-24-22(25-17-23(26(4)5)9-12-28-13-10-23)27-11-14-29-21(16-27)20-8-7-18(2)15-19(20)3/h7-8,15,21H,6,9-14,16-17H2,1-5H3,(H,24,25). The Morgan fingerprint density at radius 2 is 2.00 bits per heavy atom. The van der Waals surface area contributed by atoms with Crippen LogP contribution < -0.4 is 5.32 Å². The van der Waals surface area contributed by atoms with Crippen molar-refractivity contribution in [2.24, 2.45) is 4.99 Å². The summed E-state index contributed by atoms with van der Waals surface area (Å²) in [6, 6.07) is 6.63. The molecule has 2 heterocycles. The van der Waals surface area contributed by atoms with Crippen molar-refractivity contribution in [3.05, 3.63) is 34.9 Å². The van der Waals surface area contributed by atoms with E-state index in [2.05, 4.69) is 68.2 Å². The minimum atomic E-state index is 0.0815. The summed E-state index contributed by atoms with van der Waals surface area (Å²) >= 11 is 0. The molecule has 162 valence electrons. The third-order valence-corrected chi connectivity index (χ3v) is 6.37. The Morgan fingerprint density at radius 1 is 1.24 bits per heavy atom. The van der Waals surface area contributed by atoms with E-state index in [4.69, 9.17) is 14.5 Å². The first-order valence-electron chi connectivity index (χ1n) is 10.9. The lowest BCUT2D eigenvalue weighted by Gasteiger charge is -2.42. The Bertz CT molecular complexity index is 698. The lowest BCUT2D eigenvalue weighted by molar-refractivity contribution is -0.00995. The largest absolute Gasteiger partial charge is 0.381 e. The van der Waals surface area contributed by atoms with Gasteiger partial charge in [0, 0.05) is 31.8 Å². The van der Waals surface area contributed by atoms with E-state index >= 15 is 0 Å². The second kappa shape index (κ2) is 9.92. The van der Waals surface area contributed by atoms with Crippen molar-refractivity contribution in [1.82, 2.24) is 15.1 Å². The second-order valence-corrected chi connectivity index (χ2v) is 8.57. The van der Waals surface area contributed by atoms with E-state index < -0.39 is 0 Å². The van der Waals surface area contributed by atoms with E-state index in [1.54, 1.807) is 0 Å². The Hall–Kier alpha value is -1.63. The number of morpholine rings is 1. The molecule has 2 saturated heterocycles. The minimum Gasteiger partial charge on any atom is -0.381 e. The van der Waals surface area contributed by atoms with Gasteiger partial charge in [0.2, 0.25) is 0 Å². The van der Waals surface area contributed by atoms with Crippen LogP contribution in [-0.2, 0) is 9.47 Å². The first-order valence-corrected chi connectivity index (χ1v) is 10.9. The Kier molecular flexibility index (Phi) is 7.55. The fourth-order valence-electron chi connectivity index (χ4n) is 4.36. The lowest BCUT2D eigenvalue weighted by Crippen LogP contribution is -2.53. The summed E-state index contributed by atoms with van der Waals surface area (Å²) in [6.45, 7) is 12.1. The molecule has 29 heavy (non-hydrogen) atoms. The van der Waals surface area contributed by atoms with Crippen LogP contribution in [0.15, 0.2) is 23.2 Å². The van der Waals surface area contributed by atoms with Crippen LogP contribution in [-0.4, -0.2) is 81.4 Å². The molecule has 3 rings (SSSR count). The number of ether oxygens (including phenoxy) is 2. The zero-order chi connectivity index (χ0) is 20.9. The molecule has 0 saturated carbocycles. The van der Waals surface area contributed by atoms with E-state index in [9.17, 15) is 0 Å². The van der Waals surface area contributed by atoms with Crippen LogP contribution in [0.5, 0.6) is 0 Å². The Morgan fingerprint density at radius 3 is 2.66 bits per heavy atom. The number of hydrogen-bond donors (Lipinski definition) is 1. The lowest BCUT2D eigenvalue weighted by atomic mass is 9.89. The van der Waals surface area contributed by atoms with Crippen LogP contribution in [0, 0.1) is 13.8 Å². The summed E-state index contributed by atoms with van der Waals surface area (Å²) in [4.78, 5) is 9.79. The molecule has 1 unspecified atom stereocenters. The molecular formula is C23H38N4O2. The molecule has 0 amide bonds. The molecule has 1 aromatic rings. The average molecular weight is 403 g/mol. The number of aliphatic imine (C=N–C) groups is 1. The van der Waals surface area contributed by atoms with Crippen molar-refractivity contribution in [3.8, 4) is 0 Å². The van der Waals surface area contributed by atoms with Crippen LogP contribution in [0.1, 0.15) is 42.6 Å². The third-order valence-electron chi connectivity index (χ3n) is 6.37. The van der Waals surface area contributed by atoms with Gasteiger partial charge in [0.05, 0.1) is 19.7 Å². The second-order valence-electron chi connectivity index (χ2n) is 8.57. The van der Waals surface area contributed by atoms with Crippen molar-refractivity contribution in [2.75, 3.05) is 60.1 Å². The predicted molar refractivity (Wildman–Crippen MR) is 119 cm³/mol. The van der Waals surface area contributed by atoms with Gasteiger partial charge in [0.25, 0.3) is 0 Å². The maximum absolute atomic E-state index is 6.15.